The van der Waals surface area contributed by atoms with Crippen LogP contribution in [0.15, 0.2) is 96.8 Å². The second-order valence-corrected chi connectivity index (χ2v) is 5.39. The molecule has 2 nitrogen and oxygen atoms in total. The monoisotopic (exact) mass is 316 g/mol. The maximum Gasteiger partial charge on any atom is 0.135 e. The van der Waals surface area contributed by atoms with Crippen molar-refractivity contribution in [3.05, 3.63) is 108 Å². The van der Waals surface area contributed by atoms with Gasteiger partial charge >= 0.3 is 0 Å². The minimum Gasteiger partial charge on any atom is -0.457 e. The molecule has 0 bridgehead atoms. The molecule has 24 heavy (non-hydrogen) atoms. The van der Waals surface area contributed by atoms with Gasteiger partial charge in [0.05, 0.1) is 6.61 Å². The zero-order valence-electron chi connectivity index (χ0n) is 13.7. The van der Waals surface area contributed by atoms with E-state index in [0.29, 0.717) is 6.61 Å². The van der Waals surface area contributed by atoms with E-state index >= 15 is 0 Å². The van der Waals surface area contributed by atoms with Gasteiger partial charge in [-0.3, -0.25) is 0 Å². The number of benzene rings is 2. The highest BCUT2D eigenvalue weighted by molar-refractivity contribution is 5.85. The second-order valence-electron chi connectivity index (χ2n) is 5.39. The van der Waals surface area contributed by atoms with Crippen molar-refractivity contribution in [1.29, 1.82) is 0 Å². The van der Waals surface area contributed by atoms with Crippen LogP contribution in [0.25, 0.3) is 11.3 Å². The Kier molecular flexibility index (Phi) is 5.44. The molecule has 1 aliphatic heterocycles. The summed E-state index contributed by atoms with van der Waals surface area (Å²) in [6, 6.07) is 20.5. The lowest BCUT2D eigenvalue weighted by Gasteiger charge is -2.18. The highest BCUT2D eigenvalue weighted by Crippen LogP contribution is 2.31. The van der Waals surface area contributed by atoms with Crippen molar-refractivity contribution in [2.75, 3.05) is 13.7 Å². The molecule has 0 aromatic heterocycles. The Balaban J connectivity index is 1.96. The molecule has 0 aliphatic carbocycles. The van der Waals surface area contributed by atoms with Crippen LogP contribution in [-0.2, 0) is 9.47 Å². The number of methoxy groups -OCH3 is 1. The van der Waals surface area contributed by atoms with Crippen molar-refractivity contribution in [3.8, 4) is 0 Å². The van der Waals surface area contributed by atoms with Crippen LogP contribution in [0.4, 0.5) is 0 Å². The molecule has 120 valence electrons. The average molecular weight is 316 g/mol. The Morgan fingerprint density at radius 3 is 2.21 bits per heavy atom. The first-order valence-corrected chi connectivity index (χ1v) is 7.94. The van der Waals surface area contributed by atoms with Crippen LogP contribution in [0.3, 0.4) is 0 Å². The van der Waals surface area contributed by atoms with Gasteiger partial charge in [0.25, 0.3) is 0 Å². The van der Waals surface area contributed by atoms with Crippen LogP contribution < -0.4 is 0 Å². The van der Waals surface area contributed by atoms with Gasteiger partial charge in [0.1, 0.15) is 11.5 Å². The molecular formula is C22H20O2. The first-order chi connectivity index (χ1) is 11.9. The van der Waals surface area contributed by atoms with E-state index in [4.69, 9.17) is 9.47 Å². The first kappa shape index (κ1) is 16.0. The smallest absolute Gasteiger partial charge is 0.135 e. The van der Waals surface area contributed by atoms with Gasteiger partial charge in [-0.15, -0.1) is 0 Å². The quantitative estimate of drug-likeness (QED) is 0.752. The summed E-state index contributed by atoms with van der Waals surface area (Å²) in [7, 11) is 1.68. The fraction of sp³-hybridized carbons (Fsp3) is 0.0909. The summed E-state index contributed by atoms with van der Waals surface area (Å²) in [4.78, 5) is 0. The van der Waals surface area contributed by atoms with E-state index < -0.39 is 0 Å². The summed E-state index contributed by atoms with van der Waals surface area (Å²) in [6.45, 7) is 0.584. The summed E-state index contributed by atoms with van der Waals surface area (Å²) in [5, 5.41) is 0. The van der Waals surface area contributed by atoms with Gasteiger partial charge in [-0.1, -0.05) is 72.8 Å². The molecule has 2 heteroatoms. The fourth-order valence-electron chi connectivity index (χ4n) is 2.46. The minimum atomic E-state index is 0.584. The van der Waals surface area contributed by atoms with Crippen LogP contribution in [-0.4, -0.2) is 13.7 Å². The van der Waals surface area contributed by atoms with Crippen LogP contribution in [0.2, 0.25) is 0 Å². The van der Waals surface area contributed by atoms with E-state index in [2.05, 4.69) is 36.4 Å². The highest BCUT2D eigenvalue weighted by atomic mass is 16.5. The molecule has 2 aromatic carbocycles. The zero-order valence-corrected chi connectivity index (χ0v) is 13.7. The molecule has 0 radical (unpaired) electrons. The van der Waals surface area contributed by atoms with Gasteiger partial charge in [-0.2, -0.15) is 0 Å². The van der Waals surface area contributed by atoms with Crippen molar-refractivity contribution < 1.29 is 9.47 Å². The minimum absolute atomic E-state index is 0.584. The third-order valence-electron chi connectivity index (χ3n) is 3.64. The number of ether oxygens (including phenoxy) is 2. The third-order valence-corrected chi connectivity index (χ3v) is 3.64. The SMILES string of the molecule is COC/C=C\C=C1/C=C(c2ccccc2)C=C(c2ccccc2)O1. The Bertz CT molecular complexity index is 781. The molecule has 0 saturated carbocycles. The molecule has 3 rings (SSSR count). The topological polar surface area (TPSA) is 18.5 Å². The van der Waals surface area contributed by atoms with Crippen molar-refractivity contribution in [3.63, 3.8) is 0 Å². The van der Waals surface area contributed by atoms with Gasteiger partial charge in [-0.25, -0.2) is 0 Å². The van der Waals surface area contributed by atoms with Gasteiger partial charge in [0, 0.05) is 12.7 Å². The van der Waals surface area contributed by atoms with Crippen LogP contribution >= 0.6 is 0 Å². The summed E-state index contributed by atoms with van der Waals surface area (Å²) in [5.74, 6) is 1.66. The summed E-state index contributed by atoms with van der Waals surface area (Å²) in [6.07, 6.45) is 10.00. The molecule has 1 heterocycles. The van der Waals surface area contributed by atoms with Crippen LogP contribution in [0, 0.1) is 0 Å². The van der Waals surface area contributed by atoms with E-state index in [1.54, 1.807) is 7.11 Å². The predicted octanol–water partition coefficient (Wildman–Crippen LogP) is 5.23. The average Bonchev–Trinajstić information content (AvgIpc) is 2.66. The van der Waals surface area contributed by atoms with Gasteiger partial charge in [0.2, 0.25) is 0 Å². The standard InChI is InChI=1S/C22H20O2/c1-23-15-9-8-14-21-16-20(18-10-4-2-5-11-18)17-22(24-21)19-12-6-3-7-13-19/h2-14,16-17H,15H2,1H3/b9-8-,21-14+. The van der Waals surface area contributed by atoms with Crippen molar-refractivity contribution in [2.24, 2.45) is 0 Å². The molecule has 0 atom stereocenters. The van der Waals surface area contributed by atoms with Crippen molar-refractivity contribution in [2.45, 2.75) is 0 Å². The van der Waals surface area contributed by atoms with Gasteiger partial charge in [0.15, 0.2) is 0 Å². The molecule has 0 fully saturated rings. The fourth-order valence-corrected chi connectivity index (χ4v) is 2.46. The maximum atomic E-state index is 6.06. The van der Waals surface area contributed by atoms with Crippen molar-refractivity contribution >= 4 is 11.3 Å². The summed E-state index contributed by atoms with van der Waals surface area (Å²) < 4.78 is 11.1. The molecule has 2 aromatic rings. The zero-order chi connectivity index (χ0) is 16.6. The Morgan fingerprint density at radius 1 is 0.875 bits per heavy atom. The first-order valence-electron chi connectivity index (χ1n) is 7.94. The molecular weight excluding hydrogens is 296 g/mol. The Hall–Kier alpha value is -2.84. The number of allylic oxidation sites excluding steroid dienone is 5. The van der Waals surface area contributed by atoms with Crippen LogP contribution in [0.5, 0.6) is 0 Å². The molecule has 1 aliphatic rings. The molecule has 0 unspecified atom stereocenters. The van der Waals surface area contributed by atoms with Gasteiger partial charge in [-0.05, 0) is 29.4 Å². The normalized spacial score (nSPS) is 16.0. The number of hydrogen-bond acceptors (Lipinski definition) is 2. The summed E-state index contributed by atoms with van der Waals surface area (Å²) >= 11 is 0. The number of rotatable bonds is 5. The molecule has 0 saturated heterocycles. The van der Waals surface area contributed by atoms with Crippen LogP contribution in [0.1, 0.15) is 11.1 Å². The lowest BCUT2D eigenvalue weighted by atomic mass is 10.0. The van der Waals surface area contributed by atoms with E-state index in [9.17, 15) is 0 Å². The number of hydrogen-bond donors (Lipinski definition) is 0. The van der Waals surface area contributed by atoms with E-state index in [1.807, 2.05) is 54.6 Å². The highest BCUT2D eigenvalue weighted by Gasteiger charge is 2.13. The third kappa shape index (κ3) is 4.12. The van der Waals surface area contributed by atoms with E-state index in [0.717, 1.165) is 22.7 Å². The molecule has 0 amide bonds. The van der Waals surface area contributed by atoms with Crippen molar-refractivity contribution in [1.82, 2.24) is 0 Å². The maximum absolute atomic E-state index is 6.06. The second kappa shape index (κ2) is 8.14. The lowest BCUT2D eigenvalue weighted by molar-refractivity contribution is 0.234. The van der Waals surface area contributed by atoms with E-state index in [1.165, 1.54) is 5.56 Å². The van der Waals surface area contributed by atoms with E-state index in [-0.39, 0.29) is 0 Å². The largest absolute Gasteiger partial charge is 0.457 e. The van der Waals surface area contributed by atoms with Gasteiger partial charge < -0.3 is 9.47 Å². The summed E-state index contributed by atoms with van der Waals surface area (Å²) in [5.41, 5.74) is 3.36. The predicted molar refractivity (Wildman–Crippen MR) is 99.0 cm³/mol. The molecule has 0 spiro atoms. The lowest BCUT2D eigenvalue weighted by Crippen LogP contribution is -1.99. The Labute approximate surface area is 143 Å². The Morgan fingerprint density at radius 2 is 1.54 bits per heavy atom. The molecule has 0 N–H and O–H groups in total.